The van der Waals surface area contributed by atoms with Crippen LogP contribution in [0.5, 0.6) is 0 Å². The zero-order valence-electron chi connectivity index (χ0n) is 11.0. The molecule has 2 fully saturated rings. The summed E-state index contributed by atoms with van der Waals surface area (Å²) in [5.41, 5.74) is 7.27. The van der Waals surface area contributed by atoms with E-state index in [4.69, 9.17) is 5.73 Å². The molecule has 0 aliphatic heterocycles. The summed E-state index contributed by atoms with van der Waals surface area (Å²) in [6, 6.07) is 0.110. The molecule has 3 nitrogen and oxygen atoms in total. The average Bonchev–Trinajstić information content (AvgIpc) is 2.95. The van der Waals surface area contributed by atoms with E-state index in [0.29, 0.717) is 24.0 Å². The van der Waals surface area contributed by atoms with Crippen LogP contribution < -0.4 is 5.73 Å². The number of fused-ring (bicyclic) bond motifs is 2. The van der Waals surface area contributed by atoms with E-state index in [1.54, 1.807) is 11.3 Å². The van der Waals surface area contributed by atoms with Gasteiger partial charge in [-0.1, -0.05) is 0 Å². The predicted octanol–water partition coefficient (Wildman–Crippen LogP) is 2.24. The standard InChI is InChI=1S/C14H20N2OS/c1-7-8(2)18-12(16-7)6-11(17)13-9-3-4-10(5-9)14(13)15/h9-10,13-14H,3-6,15H2,1-2H3. The minimum atomic E-state index is 0.105. The monoisotopic (exact) mass is 264 g/mol. The highest BCUT2D eigenvalue weighted by atomic mass is 32.1. The molecule has 1 aromatic rings. The van der Waals surface area contributed by atoms with Gasteiger partial charge in [-0.3, -0.25) is 4.79 Å². The Morgan fingerprint density at radius 1 is 1.39 bits per heavy atom. The van der Waals surface area contributed by atoms with Crippen molar-refractivity contribution in [2.45, 2.75) is 45.6 Å². The van der Waals surface area contributed by atoms with Crippen LogP contribution in [0.4, 0.5) is 0 Å². The molecule has 2 N–H and O–H groups in total. The topological polar surface area (TPSA) is 56.0 Å². The van der Waals surface area contributed by atoms with Crippen LogP contribution in [0, 0.1) is 31.6 Å². The van der Waals surface area contributed by atoms with Crippen molar-refractivity contribution in [1.82, 2.24) is 4.98 Å². The zero-order valence-corrected chi connectivity index (χ0v) is 11.8. The van der Waals surface area contributed by atoms with Gasteiger partial charge in [-0.25, -0.2) is 4.98 Å². The van der Waals surface area contributed by atoms with Crippen molar-refractivity contribution in [2.75, 3.05) is 0 Å². The number of Topliss-reactive ketones (excluding diaryl/α,β-unsaturated/α-hetero) is 1. The second-order valence-electron chi connectivity index (χ2n) is 5.83. The molecule has 2 bridgehead atoms. The van der Waals surface area contributed by atoms with E-state index in [0.717, 1.165) is 10.7 Å². The van der Waals surface area contributed by atoms with Crippen LogP contribution in [0.2, 0.25) is 0 Å². The van der Waals surface area contributed by atoms with Gasteiger partial charge < -0.3 is 5.73 Å². The summed E-state index contributed by atoms with van der Waals surface area (Å²) >= 11 is 1.65. The van der Waals surface area contributed by atoms with Crippen molar-refractivity contribution < 1.29 is 4.79 Å². The summed E-state index contributed by atoms with van der Waals surface area (Å²) in [5.74, 6) is 1.58. The van der Waals surface area contributed by atoms with E-state index < -0.39 is 0 Å². The minimum Gasteiger partial charge on any atom is -0.327 e. The number of aromatic nitrogens is 1. The number of hydrogen-bond acceptors (Lipinski definition) is 4. The first kappa shape index (κ1) is 12.3. The van der Waals surface area contributed by atoms with Gasteiger partial charge in [0.1, 0.15) is 10.8 Å². The largest absolute Gasteiger partial charge is 0.327 e. The molecular formula is C14H20N2OS. The van der Waals surface area contributed by atoms with Gasteiger partial charge in [-0.15, -0.1) is 11.3 Å². The Hall–Kier alpha value is -0.740. The fourth-order valence-corrected chi connectivity index (χ4v) is 4.64. The zero-order chi connectivity index (χ0) is 12.9. The number of aryl methyl sites for hydroxylation is 2. The summed E-state index contributed by atoms with van der Waals surface area (Å²) in [7, 11) is 0. The Morgan fingerprint density at radius 2 is 2.11 bits per heavy atom. The van der Waals surface area contributed by atoms with Crippen LogP contribution in [0.1, 0.15) is 34.8 Å². The molecule has 0 amide bonds. The third-order valence-corrected chi connectivity index (χ3v) is 5.82. The van der Waals surface area contributed by atoms with Crippen LogP contribution in [0.15, 0.2) is 0 Å². The van der Waals surface area contributed by atoms with Gasteiger partial charge >= 0.3 is 0 Å². The fourth-order valence-electron chi connectivity index (χ4n) is 3.70. The lowest BCUT2D eigenvalue weighted by atomic mass is 9.81. The van der Waals surface area contributed by atoms with Crippen LogP contribution in [-0.4, -0.2) is 16.8 Å². The molecular weight excluding hydrogens is 244 g/mol. The van der Waals surface area contributed by atoms with E-state index in [1.807, 2.05) is 6.92 Å². The molecule has 18 heavy (non-hydrogen) atoms. The number of thiazole rings is 1. The molecule has 1 aromatic heterocycles. The van der Waals surface area contributed by atoms with Crippen LogP contribution in [-0.2, 0) is 11.2 Å². The third-order valence-electron chi connectivity index (χ3n) is 4.75. The molecule has 2 aliphatic carbocycles. The van der Waals surface area contributed by atoms with Gasteiger partial charge in [0, 0.05) is 16.8 Å². The maximum Gasteiger partial charge on any atom is 0.144 e. The van der Waals surface area contributed by atoms with Gasteiger partial charge in [0.25, 0.3) is 0 Å². The number of rotatable bonds is 3. The van der Waals surface area contributed by atoms with Gasteiger partial charge in [-0.2, -0.15) is 0 Å². The third kappa shape index (κ3) is 1.91. The Morgan fingerprint density at radius 3 is 2.67 bits per heavy atom. The second kappa shape index (κ2) is 4.42. The predicted molar refractivity (Wildman–Crippen MR) is 72.6 cm³/mol. The number of carbonyl (C=O) groups excluding carboxylic acids is 1. The number of carbonyl (C=O) groups is 1. The van der Waals surface area contributed by atoms with E-state index >= 15 is 0 Å². The number of nitrogens with zero attached hydrogens (tertiary/aromatic N) is 1. The maximum atomic E-state index is 12.4. The molecule has 0 aromatic carbocycles. The molecule has 0 saturated heterocycles. The summed E-state index contributed by atoms with van der Waals surface area (Å²) in [6.45, 7) is 4.06. The normalized spacial score (nSPS) is 34.2. The smallest absolute Gasteiger partial charge is 0.144 e. The van der Waals surface area contributed by atoms with Gasteiger partial charge in [-0.05, 0) is 44.9 Å². The van der Waals surface area contributed by atoms with Crippen molar-refractivity contribution in [1.29, 1.82) is 0 Å². The molecule has 3 rings (SSSR count). The second-order valence-corrected chi connectivity index (χ2v) is 7.12. The maximum absolute atomic E-state index is 12.4. The summed E-state index contributed by atoms with van der Waals surface area (Å²) in [5, 5.41) is 0.963. The lowest BCUT2D eigenvalue weighted by molar-refractivity contribution is -0.124. The molecule has 98 valence electrons. The number of hydrogen-bond donors (Lipinski definition) is 1. The molecule has 4 atom stereocenters. The Bertz CT molecular complexity index is 461. The first-order valence-electron chi connectivity index (χ1n) is 6.77. The highest BCUT2D eigenvalue weighted by Gasteiger charge is 2.48. The molecule has 0 radical (unpaired) electrons. The SMILES string of the molecule is Cc1nc(CC(=O)C2C3CCC(C3)C2N)sc1C. The minimum absolute atomic E-state index is 0.105. The molecule has 2 aliphatic rings. The number of nitrogens with two attached hydrogens (primary N) is 1. The average molecular weight is 264 g/mol. The van der Waals surface area contributed by atoms with Gasteiger partial charge in [0.15, 0.2) is 0 Å². The lowest BCUT2D eigenvalue weighted by Crippen LogP contribution is -2.40. The molecule has 0 spiro atoms. The van der Waals surface area contributed by atoms with E-state index in [2.05, 4.69) is 11.9 Å². The van der Waals surface area contributed by atoms with Gasteiger partial charge in [0.2, 0.25) is 0 Å². The molecule has 4 unspecified atom stereocenters. The molecule has 1 heterocycles. The van der Waals surface area contributed by atoms with Crippen molar-refractivity contribution in [3.63, 3.8) is 0 Å². The Labute approximate surface area is 112 Å². The first-order valence-corrected chi connectivity index (χ1v) is 7.59. The van der Waals surface area contributed by atoms with Gasteiger partial charge in [0.05, 0.1) is 12.1 Å². The van der Waals surface area contributed by atoms with Crippen molar-refractivity contribution in [3.05, 3.63) is 15.6 Å². The molecule has 4 heteroatoms. The van der Waals surface area contributed by atoms with Crippen LogP contribution in [0.3, 0.4) is 0 Å². The van der Waals surface area contributed by atoms with E-state index in [-0.39, 0.29) is 12.0 Å². The highest BCUT2D eigenvalue weighted by Crippen LogP contribution is 2.48. The van der Waals surface area contributed by atoms with Crippen molar-refractivity contribution in [3.8, 4) is 0 Å². The number of ketones is 1. The summed E-state index contributed by atoms with van der Waals surface area (Å²) < 4.78 is 0. The lowest BCUT2D eigenvalue weighted by Gasteiger charge is -2.26. The van der Waals surface area contributed by atoms with E-state index in [1.165, 1.54) is 24.1 Å². The Balaban J connectivity index is 1.72. The van der Waals surface area contributed by atoms with Crippen LogP contribution >= 0.6 is 11.3 Å². The molecule has 2 saturated carbocycles. The van der Waals surface area contributed by atoms with Crippen molar-refractivity contribution in [2.24, 2.45) is 23.5 Å². The summed E-state index contributed by atoms with van der Waals surface area (Å²) in [4.78, 5) is 18.1. The Kier molecular flexibility index (Phi) is 3.02. The quantitative estimate of drug-likeness (QED) is 0.911. The van der Waals surface area contributed by atoms with Crippen molar-refractivity contribution >= 4 is 17.1 Å². The van der Waals surface area contributed by atoms with E-state index in [9.17, 15) is 4.79 Å². The highest BCUT2D eigenvalue weighted by molar-refractivity contribution is 7.11. The first-order chi connectivity index (χ1) is 8.56. The summed E-state index contributed by atoms with van der Waals surface area (Å²) in [6.07, 6.45) is 4.09. The fraction of sp³-hybridized carbons (Fsp3) is 0.714. The van der Waals surface area contributed by atoms with Crippen LogP contribution in [0.25, 0.3) is 0 Å².